The number of fused-ring (bicyclic) bond motifs is 1. The summed E-state index contributed by atoms with van der Waals surface area (Å²) < 4.78 is 11.7. The van der Waals surface area contributed by atoms with Gasteiger partial charge in [0.1, 0.15) is 10.7 Å². The zero-order valence-corrected chi connectivity index (χ0v) is 22.1. The maximum atomic E-state index is 12.7. The number of esters is 1. The molecule has 0 bridgehead atoms. The topological polar surface area (TPSA) is 55.8 Å². The van der Waals surface area contributed by atoms with Gasteiger partial charge in [-0.2, -0.15) is 0 Å². The van der Waals surface area contributed by atoms with E-state index < -0.39 is 5.54 Å². The van der Waals surface area contributed by atoms with Crippen LogP contribution in [-0.2, 0) is 14.3 Å². The zero-order valence-electron chi connectivity index (χ0n) is 19.6. The fourth-order valence-electron chi connectivity index (χ4n) is 4.17. The van der Waals surface area contributed by atoms with Gasteiger partial charge < -0.3 is 14.4 Å². The molecule has 2 aromatic rings. The van der Waals surface area contributed by atoms with Gasteiger partial charge in [-0.05, 0) is 44.5 Å². The molecule has 2 aliphatic rings. The van der Waals surface area contributed by atoms with E-state index >= 15 is 0 Å². The molecule has 34 heavy (non-hydrogen) atoms. The molecule has 0 radical (unpaired) electrons. The second kappa shape index (κ2) is 9.60. The first kappa shape index (κ1) is 24.6. The van der Waals surface area contributed by atoms with Gasteiger partial charge in [0.25, 0.3) is 0 Å². The van der Waals surface area contributed by atoms with Crippen LogP contribution >= 0.6 is 35.7 Å². The molecule has 0 fully saturated rings. The van der Waals surface area contributed by atoms with Crippen molar-refractivity contribution in [3.63, 3.8) is 0 Å². The number of anilines is 1. The van der Waals surface area contributed by atoms with Crippen LogP contribution in [0.1, 0.15) is 38.8 Å². The van der Waals surface area contributed by atoms with E-state index in [-0.39, 0.29) is 11.9 Å². The highest BCUT2D eigenvalue weighted by atomic mass is 32.2. The van der Waals surface area contributed by atoms with E-state index in [1.807, 2.05) is 69.3 Å². The first-order chi connectivity index (χ1) is 16.2. The summed E-state index contributed by atoms with van der Waals surface area (Å²) >= 11 is 8.89. The third-order valence-electron chi connectivity index (χ3n) is 5.65. The Labute approximate surface area is 213 Å². The van der Waals surface area contributed by atoms with Crippen molar-refractivity contribution in [1.29, 1.82) is 0 Å². The summed E-state index contributed by atoms with van der Waals surface area (Å²) in [7, 11) is 1.39. The summed E-state index contributed by atoms with van der Waals surface area (Å²) in [6.07, 6.45) is 0. The Morgan fingerprint density at radius 1 is 1.09 bits per heavy atom. The van der Waals surface area contributed by atoms with Crippen LogP contribution in [0.3, 0.4) is 0 Å². The molecule has 2 aromatic carbocycles. The van der Waals surface area contributed by atoms with Crippen molar-refractivity contribution in [3.8, 4) is 5.75 Å². The van der Waals surface area contributed by atoms with Gasteiger partial charge >= 0.3 is 5.97 Å². The smallest absolute Gasteiger partial charge is 0.345 e. The Hall–Kier alpha value is -2.55. The predicted octanol–water partition coefficient (Wildman–Crippen LogP) is 6.29. The molecule has 0 saturated heterocycles. The summed E-state index contributed by atoms with van der Waals surface area (Å²) in [4.78, 5) is 29.2. The van der Waals surface area contributed by atoms with Gasteiger partial charge in [0.15, 0.2) is 0 Å². The molecular weight excluding hydrogens is 486 g/mol. The van der Waals surface area contributed by atoms with Gasteiger partial charge in [-0.1, -0.05) is 66.1 Å². The predicted molar refractivity (Wildman–Crippen MR) is 145 cm³/mol. The lowest BCUT2D eigenvalue weighted by Crippen LogP contribution is -2.55. The molecule has 0 spiro atoms. The molecule has 5 nitrogen and oxygen atoms in total. The summed E-state index contributed by atoms with van der Waals surface area (Å²) in [5, 5.41) is 0. The highest BCUT2D eigenvalue weighted by Gasteiger charge is 2.44. The van der Waals surface area contributed by atoms with Crippen molar-refractivity contribution >= 4 is 68.6 Å². The van der Waals surface area contributed by atoms with Crippen molar-refractivity contribution in [3.05, 3.63) is 68.8 Å². The molecular formula is C26H25NO4S3. The molecule has 2 aliphatic heterocycles. The number of carbonyl (C=O) groups excluding carboxylic acids is 2. The summed E-state index contributed by atoms with van der Waals surface area (Å²) in [5.41, 5.74) is 2.64. The van der Waals surface area contributed by atoms with Crippen molar-refractivity contribution in [2.24, 2.45) is 0 Å². The normalized spacial score (nSPS) is 19.2. The molecule has 176 valence electrons. The number of hydrogen-bond donors (Lipinski definition) is 0. The maximum Gasteiger partial charge on any atom is 0.345 e. The number of amides is 1. The number of nitrogens with zero attached hydrogens (tertiary/aromatic N) is 1. The maximum absolute atomic E-state index is 12.7. The largest absolute Gasteiger partial charge is 0.494 e. The minimum atomic E-state index is -0.730. The molecule has 0 aromatic heterocycles. The Kier molecular flexibility index (Phi) is 6.94. The number of methoxy groups -OCH3 is 1. The first-order valence-corrected chi connectivity index (χ1v) is 12.9. The van der Waals surface area contributed by atoms with Gasteiger partial charge in [0, 0.05) is 23.0 Å². The molecule has 0 aliphatic carbocycles. The lowest BCUT2D eigenvalue weighted by atomic mass is 9.83. The standard InChI is InChI=1S/C26H25NO4S3/c1-6-31-17-12-13-19-18(14-17)20(23(32)26(3,4)27(19)15(2)28)25-33-21(16-10-8-7-9-11-16)22(34-25)24(29)30-5/h7-14H,6H2,1-5H3/b25-20+. The van der Waals surface area contributed by atoms with E-state index in [0.717, 1.165) is 31.5 Å². The van der Waals surface area contributed by atoms with E-state index in [9.17, 15) is 9.59 Å². The molecule has 4 rings (SSSR count). The van der Waals surface area contributed by atoms with Crippen LogP contribution in [0.15, 0.2) is 57.7 Å². The van der Waals surface area contributed by atoms with E-state index in [4.69, 9.17) is 21.7 Å². The van der Waals surface area contributed by atoms with Crippen molar-refractivity contribution < 1.29 is 19.1 Å². The minimum Gasteiger partial charge on any atom is -0.494 e. The van der Waals surface area contributed by atoms with Gasteiger partial charge in [0.05, 0.1) is 34.0 Å². The van der Waals surface area contributed by atoms with Gasteiger partial charge in [-0.25, -0.2) is 4.79 Å². The van der Waals surface area contributed by atoms with Crippen LogP contribution in [0.2, 0.25) is 0 Å². The van der Waals surface area contributed by atoms with Crippen LogP contribution in [0.4, 0.5) is 5.69 Å². The Bertz CT molecular complexity index is 1250. The SMILES string of the molecule is CCOc1ccc2c(c1)/C(=C1\SC(C(=O)OC)=C(c3ccccc3)S1)C(=S)C(C)(C)N2C(C)=O. The summed E-state index contributed by atoms with van der Waals surface area (Å²) in [5.74, 6) is 0.219. The average molecular weight is 512 g/mol. The van der Waals surface area contributed by atoms with E-state index in [1.54, 1.807) is 11.8 Å². The Balaban J connectivity index is 1.94. The second-order valence-electron chi connectivity index (χ2n) is 8.24. The highest BCUT2D eigenvalue weighted by Crippen LogP contribution is 2.58. The van der Waals surface area contributed by atoms with E-state index in [0.29, 0.717) is 22.1 Å². The van der Waals surface area contributed by atoms with Crippen molar-refractivity contribution in [1.82, 2.24) is 0 Å². The van der Waals surface area contributed by atoms with Crippen LogP contribution in [0.5, 0.6) is 5.75 Å². The van der Waals surface area contributed by atoms with Crippen LogP contribution < -0.4 is 9.64 Å². The van der Waals surface area contributed by atoms with Gasteiger partial charge in [-0.15, -0.1) is 0 Å². The lowest BCUT2D eigenvalue weighted by Gasteiger charge is -2.45. The lowest BCUT2D eigenvalue weighted by molar-refractivity contribution is -0.135. The van der Waals surface area contributed by atoms with E-state index in [2.05, 4.69) is 0 Å². The molecule has 0 unspecified atom stereocenters. The third kappa shape index (κ3) is 4.19. The molecule has 1 amide bonds. The quantitative estimate of drug-likeness (QED) is 0.272. The van der Waals surface area contributed by atoms with E-state index in [1.165, 1.54) is 30.6 Å². The fourth-order valence-corrected chi connectivity index (χ4v) is 7.33. The summed E-state index contributed by atoms with van der Waals surface area (Å²) in [6, 6.07) is 15.5. The Morgan fingerprint density at radius 3 is 2.41 bits per heavy atom. The molecule has 0 N–H and O–H groups in total. The summed E-state index contributed by atoms with van der Waals surface area (Å²) in [6.45, 7) is 7.90. The van der Waals surface area contributed by atoms with Crippen LogP contribution in [-0.4, -0.2) is 36.0 Å². The number of hydrogen-bond acceptors (Lipinski definition) is 7. The first-order valence-electron chi connectivity index (χ1n) is 10.8. The molecule has 2 heterocycles. The average Bonchev–Trinajstić information content (AvgIpc) is 3.25. The monoisotopic (exact) mass is 511 g/mol. The molecule has 0 atom stereocenters. The van der Waals surface area contributed by atoms with Crippen LogP contribution in [0.25, 0.3) is 10.5 Å². The molecule has 8 heteroatoms. The number of rotatable bonds is 4. The van der Waals surface area contributed by atoms with Crippen molar-refractivity contribution in [2.75, 3.05) is 18.6 Å². The van der Waals surface area contributed by atoms with Gasteiger partial charge in [-0.3, -0.25) is 4.79 Å². The Morgan fingerprint density at radius 2 is 1.79 bits per heavy atom. The second-order valence-corrected chi connectivity index (χ2v) is 10.9. The van der Waals surface area contributed by atoms with Gasteiger partial charge in [0.2, 0.25) is 5.91 Å². The third-order valence-corrected chi connectivity index (χ3v) is 8.98. The molecule has 0 saturated carbocycles. The number of ether oxygens (including phenoxy) is 2. The minimum absolute atomic E-state index is 0.0908. The number of benzene rings is 2. The number of thiocarbonyl (C=S) groups is 1. The fraction of sp³-hybridized carbons (Fsp3) is 0.269. The van der Waals surface area contributed by atoms with Crippen LogP contribution in [0, 0.1) is 0 Å². The zero-order chi connectivity index (χ0) is 24.6. The highest BCUT2D eigenvalue weighted by molar-refractivity contribution is 8.32. The number of carbonyl (C=O) groups is 2. The van der Waals surface area contributed by atoms with Crippen molar-refractivity contribution in [2.45, 2.75) is 33.2 Å². The number of thioether (sulfide) groups is 2.